The van der Waals surface area contributed by atoms with Crippen LogP contribution in [0.5, 0.6) is 0 Å². The monoisotopic (exact) mass is 266 g/mol. The predicted octanol–water partition coefficient (Wildman–Crippen LogP) is 3.79. The first kappa shape index (κ1) is 15.3. The molecule has 2 rings (SSSR count). The van der Waals surface area contributed by atoms with Crippen molar-refractivity contribution >= 4 is 0 Å². The lowest BCUT2D eigenvalue weighted by Crippen LogP contribution is -2.58. The standard InChI is InChI=1S/C17H34N2/c1-14(2)16-8-6-10-17(13-18,11-9-16)19-12-5-4-7-15(19)3/h14-16H,4-13,18H2,1-3H3. The van der Waals surface area contributed by atoms with Gasteiger partial charge >= 0.3 is 0 Å². The number of likely N-dealkylation sites (tertiary alicyclic amines) is 1. The first-order chi connectivity index (χ1) is 9.09. The van der Waals surface area contributed by atoms with E-state index >= 15 is 0 Å². The second-order valence-electron chi connectivity index (χ2n) is 7.40. The number of nitrogens with zero attached hydrogens (tertiary/aromatic N) is 1. The molecular formula is C17H34N2. The van der Waals surface area contributed by atoms with Gasteiger partial charge in [0, 0.05) is 18.1 Å². The SMILES string of the molecule is CC(C)C1CCCC(CN)(N2CCCCC2C)CC1. The van der Waals surface area contributed by atoms with Crippen LogP contribution in [0.2, 0.25) is 0 Å². The van der Waals surface area contributed by atoms with Crippen LogP contribution in [0.25, 0.3) is 0 Å². The molecule has 0 aromatic rings. The Morgan fingerprint density at radius 1 is 1.11 bits per heavy atom. The summed E-state index contributed by atoms with van der Waals surface area (Å²) in [7, 11) is 0. The van der Waals surface area contributed by atoms with Gasteiger partial charge in [-0.15, -0.1) is 0 Å². The van der Waals surface area contributed by atoms with Gasteiger partial charge in [0.2, 0.25) is 0 Å². The fourth-order valence-corrected chi connectivity index (χ4v) is 4.49. The van der Waals surface area contributed by atoms with Gasteiger partial charge in [0.05, 0.1) is 0 Å². The first-order valence-electron chi connectivity index (χ1n) is 8.56. The van der Waals surface area contributed by atoms with Crippen molar-refractivity contribution < 1.29 is 0 Å². The molecule has 1 heterocycles. The molecule has 0 amide bonds. The van der Waals surface area contributed by atoms with Crippen molar-refractivity contribution in [2.45, 2.75) is 83.7 Å². The number of hydrogen-bond acceptors (Lipinski definition) is 2. The van der Waals surface area contributed by atoms with Crippen LogP contribution in [0.1, 0.15) is 72.1 Å². The molecule has 0 aromatic carbocycles. The molecule has 1 aliphatic carbocycles. The van der Waals surface area contributed by atoms with Crippen molar-refractivity contribution in [1.82, 2.24) is 4.90 Å². The molecule has 3 unspecified atom stereocenters. The summed E-state index contributed by atoms with van der Waals surface area (Å²) < 4.78 is 0. The summed E-state index contributed by atoms with van der Waals surface area (Å²) in [5, 5.41) is 0. The van der Waals surface area contributed by atoms with Crippen LogP contribution in [-0.4, -0.2) is 29.6 Å². The van der Waals surface area contributed by atoms with Crippen molar-refractivity contribution in [3.8, 4) is 0 Å². The molecule has 0 spiro atoms. The zero-order valence-corrected chi connectivity index (χ0v) is 13.3. The summed E-state index contributed by atoms with van der Waals surface area (Å²) >= 11 is 0. The van der Waals surface area contributed by atoms with Gasteiger partial charge in [-0.1, -0.05) is 33.1 Å². The molecule has 1 aliphatic heterocycles. The maximum atomic E-state index is 6.28. The summed E-state index contributed by atoms with van der Waals surface area (Å²) in [6.07, 6.45) is 11.0. The summed E-state index contributed by atoms with van der Waals surface area (Å²) in [4.78, 5) is 2.79. The van der Waals surface area contributed by atoms with Crippen molar-refractivity contribution in [1.29, 1.82) is 0 Å². The van der Waals surface area contributed by atoms with Gasteiger partial charge in [0.15, 0.2) is 0 Å². The molecule has 0 aromatic heterocycles. The lowest BCUT2D eigenvalue weighted by atomic mass is 9.83. The van der Waals surface area contributed by atoms with Gasteiger partial charge in [0.1, 0.15) is 0 Å². The molecule has 3 atom stereocenters. The van der Waals surface area contributed by atoms with Crippen molar-refractivity contribution in [2.75, 3.05) is 13.1 Å². The topological polar surface area (TPSA) is 29.3 Å². The average molecular weight is 266 g/mol. The number of nitrogens with two attached hydrogens (primary N) is 1. The van der Waals surface area contributed by atoms with Gasteiger partial charge in [-0.25, -0.2) is 0 Å². The molecular weight excluding hydrogens is 232 g/mol. The third-order valence-corrected chi connectivity index (χ3v) is 5.93. The van der Waals surface area contributed by atoms with E-state index in [1.165, 1.54) is 57.9 Å². The highest BCUT2D eigenvalue weighted by molar-refractivity contribution is 4.97. The highest BCUT2D eigenvalue weighted by Gasteiger charge is 2.40. The lowest BCUT2D eigenvalue weighted by Gasteiger charge is -2.49. The van der Waals surface area contributed by atoms with Crippen LogP contribution >= 0.6 is 0 Å². The zero-order valence-electron chi connectivity index (χ0n) is 13.3. The maximum Gasteiger partial charge on any atom is 0.0334 e. The van der Waals surface area contributed by atoms with E-state index in [9.17, 15) is 0 Å². The van der Waals surface area contributed by atoms with Crippen LogP contribution in [0.3, 0.4) is 0 Å². The first-order valence-corrected chi connectivity index (χ1v) is 8.56. The van der Waals surface area contributed by atoms with E-state index in [1.807, 2.05) is 0 Å². The lowest BCUT2D eigenvalue weighted by molar-refractivity contribution is 0.0175. The Balaban J connectivity index is 2.08. The molecule has 1 saturated carbocycles. The van der Waals surface area contributed by atoms with Gasteiger partial charge < -0.3 is 5.73 Å². The molecule has 112 valence electrons. The average Bonchev–Trinajstić information content (AvgIpc) is 2.62. The third kappa shape index (κ3) is 3.33. The normalized spacial score (nSPS) is 38.4. The summed E-state index contributed by atoms with van der Waals surface area (Å²) in [5.74, 6) is 1.76. The minimum Gasteiger partial charge on any atom is -0.329 e. The Morgan fingerprint density at radius 3 is 2.53 bits per heavy atom. The Kier molecular flexibility index (Phi) is 5.30. The largest absolute Gasteiger partial charge is 0.329 e. The highest BCUT2D eigenvalue weighted by atomic mass is 15.2. The predicted molar refractivity (Wildman–Crippen MR) is 83.2 cm³/mol. The summed E-state index contributed by atoms with van der Waals surface area (Å²) in [6, 6.07) is 0.743. The molecule has 2 nitrogen and oxygen atoms in total. The summed E-state index contributed by atoms with van der Waals surface area (Å²) in [5.41, 5.74) is 6.60. The van der Waals surface area contributed by atoms with Crippen molar-refractivity contribution in [2.24, 2.45) is 17.6 Å². The number of piperidine rings is 1. The summed E-state index contributed by atoms with van der Waals surface area (Å²) in [6.45, 7) is 9.35. The van der Waals surface area contributed by atoms with Gasteiger partial charge in [-0.3, -0.25) is 4.90 Å². The van der Waals surface area contributed by atoms with Crippen LogP contribution < -0.4 is 5.73 Å². The minimum atomic E-state index is 0.323. The quantitative estimate of drug-likeness (QED) is 0.787. The molecule has 2 heteroatoms. The van der Waals surface area contributed by atoms with Crippen molar-refractivity contribution in [3.05, 3.63) is 0 Å². The molecule has 0 radical (unpaired) electrons. The molecule has 0 bridgehead atoms. The fraction of sp³-hybridized carbons (Fsp3) is 1.00. The van der Waals surface area contributed by atoms with E-state index in [-0.39, 0.29) is 0 Å². The Bertz CT molecular complexity index is 276. The third-order valence-electron chi connectivity index (χ3n) is 5.93. The molecule has 2 aliphatic rings. The van der Waals surface area contributed by atoms with Crippen LogP contribution in [-0.2, 0) is 0 Å². The number of hydrogen-bond donors (Lipinski definition) is 1. The van der Waals surface area contributed by atoms with E-state index < -0.39 is 0 Å². The zero-order chi connectivity index (χ0) is 13.9. The smallest absolute Gasteiger partial charge is 0.0334 e. The number of rotatable bonds is 3. The molecule has 2 N–H and O–H groups in total. The second-order valence-corrected chi connectivity index (χ2v) is 7.40. The van der Waals surface area contributed by atoms with Gasteiger partial charge in [-0.05, 0) is 57.4 Å². The Morgan fingerprint density at radius 2 is 1.89 bits per heavy atom. The molecule has 1 saturated heterocycles. The Hall–Kier alpha value is -0.0800. The van der Waals surface area contributed by atoms with Crippen LogP contribution in [0.15, 0.2) is 0 Å². The maximum absolute atomic E-state index is 6.28. The Labute approximate surface area is 120 Å². The van der Waals surface area contributed by atoms with E-state index in [0.29, 0.717) is 5.54 Å². The van der Waals surface area contributed by atoms with Crippen molar-refractivity contribution in [3.63, 3.8) is 0 Å². The van der Waals surface area contributed by atoms with E-state index in [1.54, 1.807) is 0 Å². The minimum absolute atomic E-state index is 0.323. The van der Waals surface area contributed by atoms with E-state index in [0.717, 1.165) is 24.4 Å². The van der Waals surface area contributed by atoms with Crippen LogP contribution in [0.4, 0.5) is 0 Å². The highest BCUT2D eigenvalue weighted by Crippen LogP contribution is 2.39. The van der Waals surface area contributed by atoms with Gasteiger partial charge in [-0.2, -0.15) is 0 Å². The molecule has 2 fully saturated rings. The van der Waals surface area contributed by atoms with Crippen LogP contribution in [0, 0.1) is 11.8 Å². The molecule has 19 heavy (non-hydrogen) atoms. The van der Waals surface area contributed by atoms with E-state index in [2.05, 4.69) is 25.7 Å². The fourth-order valence-electron chi connectivity index (χ4n) is 4.49. The van der Waals surface area contributed by atoms with E-state index in [4.69, 9.17) is 5.73 Å². The second kappa shape index (κ2) is 6.58. The van der Waals surface area contributed by atoms with Gasteiger partial charge in [0.25, 0.3) is 0 Å².